The Morgan fingerprint density at radius 3 is 2.38 bits per heavy atom. The maximum Gasteiger partial charge on any atom is 0.419 e. The number of ether oxygens (including phenoxy) is 1. The minimum absolute atomic E-state index is 0.239. The standard InChI is InChI=1S/C14H13ClF3NOS/c1-8(19)13(11-6-7-12(15)21-11)20-10-5-3-2-4-9(10)14(16,17)18/h2-8,13H,19H2,1H3. The number of hydrogen-bond donors (Lipinski definition) is 1. The Labute approximate surface area is 129 Å². The predicted molar refractivity (Wildman–Crippen MR) is 77.8 cm³/mol. The summed E-state index contributed by atoms with van der Waals surface area (Å²) in [6, 6.07) is 7.96. The maximum atomic E-state index is 13.0. The zero-order valence-corrected chi connectivity index (χ0v) is 12.6. The van der Waals surface area contributed by atoms with Crippen molar-refractivity contribution in [1.29, 1.82) is 0 Å². The Bertz CT molecular complexity index is 612. The quantitative estimate of drug-likeness (QED) is 0.863. The number of halogens is 4. The Kier molecular flexibility index (Phi) is 4.81. The number of para-hydroxylation sites is 1. The second-order valence-corrected chi connectivity index (χ2v) is 6.28. The van der Waals surface area contributed by atoms with Crippen molar-refractivity contribution in [3.63, 3.8) is 0 Å². The van der Waals surface area contributed by atoms with Gasteiger partial charge in [0.2, 0.25) is 0 Å². The average molecular weight is 336 g/mol. The van der Waals surface area contributed by atoms with Crippen LogP contribution in [0, 0.1) is 0 Å². The van der Waals surface area contributed by atoms with Crippen molar-refractivity contribution in [1.82, 2.24) is 0 Å². The molecule has 0 saturated carbocycles. The van der Waals surface area contributed by atoms with Gasteiger partial charge in [-0.2, -0.15) is 13.2 Å². The smallest absolute Gasteiger partial charge is 0.419 e. The molecular weight excluding hydrogens is 323 g/mol. The molecule has 0 saturated heterocycles. The van der Waals surface area contributed by atoms with E-state index in [2.05, 4.69) is 0 Å². The van der Waals surface area contributed by atoms with Crippen LogP contribution in [0.3, 0.4) is 0 Å². The molecule has 0 aliphatic carbocycles. The van der Waals surface area contributed by atoms with Crippen LogP contribution in [0.5, 0.6) is 5.75 Å². The molecule has 0 radical (unpaired) electrons. The van der Waals surface area contributed by atoms with Crippen molar-refractivity contribution in [2.75, 3.05) is 0 Å². The molecule has 2 aromatic rings. The van der Waals surface area contributed by atoms with Gasteiger partial charge in [0.1, 0.15) is 11.9 Å². The predicted octanol–water partition coefficient (Wildman–Crippen LogP) is 4.89. The molecule has 21 heavy (non-hydrogen) atoms. The summed E-state index contributed by atoms with van der Waals surface area (Å²) in [5.74, 6) is -0.239. The number of hydrogen-bond acceptors (Lipinski definition) is 3. The van der Waals surface area contributed by atoms with Crippen LogP contribution in [-0.4, -0.2) is 6.04 Å². The van der Waals surface area contributed by atoms with Gasteiger partial charge in [0, 0.05) is 10.9 Å². The summed E-state index contributed by atoms with van der Waals surface area (Å²) in [4.78, 5) is 0.687. The molecular formula is C14H13ClF3NOS. The van der Waals surface area contributed by atoms with E-state index in [4.69, 9.17) is 22.1 Å². The van der Waals surface area contributed by atoms with Crippen LogP contribution >= 0.6 is 22.9 Å². The first-order valence-corrected chi connectivity index (χ1v) is 7.32. The van der Waals surface area contributed by atoms with E-state index in [1.807, 2.05) is 0 Å². The molecule has 0 aliphatic heterocycles. The highest BCUT2D eigenvalue weighted by Crippen LogP contribution is 2.39. The van der Waals surface area contributed by atoms with Gasteiger partial charge >= 0.3 is 6.18 Å². The number of benzene rings is 1. The first kappa shape index (κ1) is 16.1. The van der Waals surface area contributed by atoms with E-state index in [9.17, 15) is 13.2 Å². The van der Waals surface area contributed by atoms with E-state index < -0.39 is 23.9 Å². The third kappa shape index (κ3) is 3.90. The first-order valence-electron chi connectivity index (χ1n) is 6.12. The molecule has 0 spiro atoms. The topological polar surface area (TPSA) is 35.2 Å². The lowest BCUT2D eigenvalue weighted by molar-refractivity contribution is -0.139. The van der Waals surface area contributed by atoms with Crippen LogP contribution in [-0.2, 0) is 6.18 Å². The fourth-order valence-electron chi connectivity index (χ4n) is 1.85. The Balaban J connectivity index is 2.34. The summed E-state index contributed by atoms with van der Waals surface area (Å²) in [5, 5.41) is 0. The molecule has 0 aliphatic rings. The van der Waals surface area contributed by atoms with Crippen molar-refractivity contribution in [3.05, 3.63) is 51.2 Å². The van der Waals surface area contributed by atoms with E-state index in [0.717, 1.165) is 6.07 Å². The molecule has 114 valence electrons. The molecule has 2 unspecified atom stereocenters. The van der Waals surface area contributed by atoms with E-state index in [-0.39, 0.29) is 5.75 Å². The van der Waals surface area contributed by atoms with Gasteiger partial charge in [-0.3, -0.25) is 0 Å². The van der Waals surface area contributed by atoms with Crippen LogP contribution in [0.4, 0.5) is 13.2 Å². The van der Waals surface area contributed by atoms with Gasteiger partial charge in [0.05, 0.1) is 9.90 Å². The highest BCUT2D eigenvalue weighted by atomic mass is 35.5. The third-order valence-electron chi connectivity index (χ3n) is 2.80. The highest BCUT2D eigenvalue weighted by molar-refractivity contribution is 7.16. The van der Waals surface area contributed by atoms with Gasteiger partial charge in [0.15, 0.2) is 0 Å². The van der Waals surface area contributed by atoms with E-state index >= 15 is 0 Å². The molecule has 2 N–H and O–H groups in total. The van der Waals surface area contributed by atoms with Crippen LogP contribution in [0.2, 0.25) is 4.34 Å². The number of rotatable bonds is 4. The van der Waals surface area contributed by atoms with Gasteiger partial charge in [0.25, 0.3) is 0 Å². The molecule has 2 rings (SSSR count). The van der Waals surface area contributed by atoms with Crippen molar-refractivity contribution < 1.29 is 17.9 Å². The molecule has 1 heterocycles. The summed E-state index contributed by atoms with van der Waals surface area (Å²) in [7, 11) is 0. The molecule has 0 bridgehead atoms. The maximum absolute atomic E-state index is 13.0. The van der Waals surface area contributed by atoms with Gasteiger partial charge in [-0.05, 0) is 31.2 Å². The Morgan fingerprint density at radius 1 is 1.19 bits per heavy atom. The van der Waals surface area contributed by atoms with Crippen LogP contribution in [0.15, 0.2) is 36.4 Å². The molecule has 2 nitrogen and oxygen atoms in total. The van der Waals surface area contributed by atoms with Gasteiger partial charge < -0.3 is 10.5 Å². The molecule has 7 heteroatoms. The van der Waals surface area contributed by atoms with Crippen molar-refractivity contribution in [3.8, 4) is 5.75 Å². The Morgan fingerprint density at radius 2 is 1.86 bits per heavy atom. The molecule has 0 amide bonds. The average Bonchev–Trinajstić information content (AvgIpc) is 2.81. The fraction of sp³-hybridized carbons (Fsp3) is 0.286. The highest BCUT2D eigenvalue weighted by Gasteiger charge is 2.35. The summed E-state index contributed by atoms with van der Waals surface area (Å²) in [6.07, 6.45) is -5.17. The lowest BCUT2D eigenvalue weighted by Gasteiger charge is -2.23. The normalized spacial score (nSPS) is 14.8. The third-order valence-corrected chi connectivity index (χ3v) is 4.09. The summed E-state index contributed by atoms with van der Waals surface area (Å²) < 4.78 is 45.0. The van der Waals surface area contributed by atoms with Crippen molar-refractivity contribution >= 4 is 22.9 Å². The Hall–Kier alpha value is -1.24. The van der Waals surface area contributed by atoms with Gasteiger partial charge in [-0.15, -0.1) is 11.3 Å². The van der Waals surface area contributed by atoms with Crippen molar-refractivity contribution in [2.45, 2.75) is 25.2 Å². The molecule has 2 atom stereocenters. The van der Waals surface area contributed by atoms with Crippen LogP contribution < -0.4 is 10.5 Å². The summed E-state index contributed by atoms with van der Waals surface area (Å²) in [5.41, 5.74) is 5.02. The summed E-state index contributed by atoms with van der Waals surface area (Å²) >= 11 is 7.09. The van der Waals surface area contributed by atoms with Crippen LogP contribution in [0.1, 0.15) is 23.5 Å². The van der Waals surface area contributed by atoms with Gasteiger partial charge in [-0.1, -0.05) is 23.7 Å². The molecule has 1 aromatic heterocycles. The number of alkyl halides is 3. The zero-order chi connectivity index (χ0) is 15.6. The minimum atomic E-state index is -4.48. The summed E-state index contributed by atoms with van der Waals surface area (Å²) in [6.45, 7) is 1.68. The first-order chi connectivity index (χ1) is 9.79. The lowest BCUT2D eigenvalue weighted by Crippen LogP contribution is -2.29. The van der Waals surface area contributed by atoms with E-state index in [1.54, 1.807) is 19.1 Å². The SMILES string of the molecule is CC(N)C(Oc1ccccc1C(F)(F)F)c1ccc(Cl)s1. The van der Waals surface area contributed by atoms with E-state index in [0.29, 0.717) is 9.21 Å². The van der Waals surface area contributed by atoms with E-state index in [1.165, 1.54) is 29.5 Å². The number of thiophene rings is 1. The fourth-order valence-corrected chi connectivity index (χ4v) is 3.05. The number of nitrogens with two attached hydrogens (primary N) is 1. The van der Waals surface area contributed by atoms with Crippen LogP contribution in [0.25, 0.3) is 0 Å². The monoisotopic (exact) mass is 335 g/mol. The van der Waals surface area contributed by atoms with Crippen molar-refractivity contribution in [2.24, 2.45) is 5.73 Å². The zero-order valence-electron chi connectivity index (χ0n) is 11.0. The molecule has 0 fully saturated rings. The van der Waals surface area contributed by atoms with Gasteiger partial charge in [-0.25, -0.2) is 0 Å². The largest absolute Gasteiger partial charge is 0.483 e. The molecule has 1 aromatic carbocycles. The minimum Gasteiger partial charge on any atom is -0.483 e. The second kappa shape index (κ2) is 6.25. The second-order valence-electron chi connectivity index (χ2n) is 4.53. The lowest BCUT2D eigenvalue weighted by atomic mass is 10.1.